The third kappa shape index (κ3) is 7.67. The van der Waals surface area contributed by atoms with E-state index < -0.39 is 11.8 Å². The summed E-state index contributed by atoms with van der Waals surface area (Å²) in [6.07, 6.45) is 1.99. The summed E-state index contributed by atoms with van der Waals surface area (Å²) in [5.41, 5.74) is 4.24. The van der Waals surface area contributed by atoms with Crippen LogP contribution in [0.3, 0.4) is 0 Å². The highest BCUT2D eigenvalue weighted by molar-refractivity contribution is 6.09. The van der Waals surface area contributed by atoms with Gasteiger partial charge in [-0.1, -0.05) is 67.9 Å². The molecule has 0 saturated heterocycles. The van der Waals surface area contributed by atoms with Crippen LogP contribution in [0.2, 0.25) is 0 Å². The first kappa shape index (κ1) is 24.8. The summed E-state index contributed by atoms with van der Waals surface area (Å²) in [6, 6.07) is 17.7. The number of hydrogen-bond acceptors (Lipinski definition) is 4. The van der Waals surface area contributed by atoms with Crippen molar-refractivity contribution in [2.24, 2.45) is 11.8 Å². The van der Waals surface area contributed by atoms with Crippen molar-refractivity contribution in [1.29, 1.82) is 0 Å². The van der Waals surface area contributed by atoms with E-state index in [2.05, 4.69) is 29.4 Å². The summed E-state index contributed by atoms with van der Waals surface area (Å²) in [4.78, 5) is 39.1. The molecule has 170 valence electrons. The largest absolute Gasteiger partial charge is 0.360 e. The van der Waals surface area contributed by atoms with E-state index in [9.17, 15) is 14.4 Å². The zero-order valence-corrected chi connectivity index (χ0v) is 18.7. The number of para-hydroxylation sites is 1. The maximum atomic E-state index is 12.4. The van der Waals surface area contributed by atoms with Gasteiger partial charge >= 0.3 is 0 Å². The summed E-state index contributed by atoms with van der Waals surface area (Å²) in [5.74, 6) is -1.59. The van der Waals surface area contributed by atoms with Crippen LogP contribution in [0, 0.1) is 18.8 Å². The lowest BCUT2D eigenvalue weighted by atomic mass is 9.93. The number of H-pyrrole nitrogens is 1. The maximum absolute atomic E-state index is 12.4. The second-order valence-electron chi connectivity index (χ2n) is 8.11. The fourth-order valence-corrected chi connectivity index (χ4v) is 3.37. The van der Waals surface area contributed by atoms with E-state index in [-0.39, 0.29) is 30.6 Å². The van der Waals surface area contributed by atoms with Crippen LogP contribution in [0.5, 0.6) is 0 Å². The van der Waals surface area contributed by atoms with Gasteiger partial charge in [0.15, 0.2) is 5.78 Å². The molecule has 1 aromatic heterocycles. The monoisotopic (exact) mass is 437 g/mol. The number of aromatic nitrogens is 1. The molecule has 0 unspecified atom stereocenters. The highest BCUT2D eigenvalue weighted by Crippen LogP contribution is 2.19. The zero-order valence-electron chi connectivity index (χ0n) is 18.7. The minimum absolute atomic E-state index is 0.123. The number of aromatic amines is 1. The SMILES string of the molecule is CC(C)C[C@H](CC(=O)NO)C(=O)NCC(=O)c1c[nH]c2ccccc12.Cc1ccccc1. The molecule has 7 heteroatoms. The van der Waals surface area contributed by atoms with E-state index in [1.54, 1.807) is 11.7 Å². The van der Waals surface area contributed by atoms with Crippen molar-refractivity contribution >= 4 is 28.5 Å². The van der Waals surface area contributed by atoms with Gasteiger partial charge in [0.2, 0.25) is 11.8 Å². The lowest BCUT2D eigenvalue weighted by Crippen LogP contribution is -2.37. The summed E-state index contributed by atoms with van der Waals surface area (Å²) in [7, 11) is 0. The molecule has 3 aromatic rings. The molecule has 2 amide bonds. The maximum Gasteiger partial charge on any atom is 0.244 e. The van der Waals surface area contributed by atoms with Crippen molar-refractivity contribution in [2.45, 2.75) is 33.6 Å². The Morgan fingerprint density at radius 2 is 1.66 bits per heavy atom. The van der Waals surface area contributed by atoms with E-state index in [1.807, 2.05) is 56.3 Å². The zero-order chi connectivity index (χ0) is 23.5. The van der Waals surface area contributed by atoms with E-state index in [0.717, 1.165) is 10.9 Å². The number of aryl methyl sites for hydroxylation is 1. The summed E-state index contributed by atoms with van der Waals surface area (Å²) in [5, 5.41) is 12.1. The molecule has 7 nitrogen and oxygen atoms in total. The quantitative estimate of drug-likeness (QED) is 0.242. The summed E-state index contributed by atoms with van der Waals surface area (Å²) < 4.78 is 0. The molecule has 3 rings (SSSR count). The van der Waals surface area contributed by atoms with Crippen molar-refractivity contribution in [3.05, 3.63) is 71.9 Å². The molecule has 0 saturated carbocycles. The number of fused-ring (bicyclic) bond motifs is 1. The van der Waals surface area contributed by atoms with Crippen molar-refractivity contribution in [3.8, 4) is 0 Å². The molecule has 2 aromatic carbocycles. The van der Waals surface area contributed by atoms with Crippen LogP contribution in [0.4, 0.5) is 0 Å². The molecular weight excluding hydrogens is 406 g/mol. The Balaban J connectivity index is 0.000000439. The number of rotatable bonds is 8. The topological polar surface area (TPSA) is 111 Å². The van der Waals surface area contributed by atoms with Gasteiger partial charge < -0.3 is 10.3 Å². The number of Topliss-reactive ketones (excluding diaryl/α,β-unsaturated/α-hetero) is 1. The van der Waals surface area contributed by atoms with E-state index >= 15 is 0 Å². The number of amides is 2. The summed E-state index contributed by atoms with van der Waals surface area (Å²) >= 11 is 0. The van der Waals surface area contributed by atoms with Crippen molar-refractivity contribution < 1.29 is 19.6 Å². The molecule has 4 N–H and O–H groups in total. The van der Waals surface area contributed by atoms with Crippen LogP contribution in [0.1, 0.15) is 42.6 Å². The number of nitrogens with one attached hydrogen (secondary N) is 3. The first-order valence-electron chi connectivity index (χ1n) is 10.6. The Labute approximate surface area is 188 Å². The molecule has 0 bridgehead atoms. The Kier molecular flexibility index (Phi) is 9.63. The third-order valence-electron chi connectivity index (χ3n) is 4.94. The van der Waals surface area contributed by atoms with Gasteiger partial charge in [-0.05, 0) is 25.3 Å². The lowest BCUT2D eigenvalue weighted by molar-refractivity contribution is -0.135. The van der Waals surface area contributed by atoms with Gasteiger partial charge in [-0.25, -0.2) is 5.48 Å². The molecular formula is C25H31N3O4. The van der Waals surface area contributed by atoms with Crippen molar-refractivity contribution in [2.75, 3.05) is 6.54 Å². The highest BCUT2D eigenvalue weighted by Gasteiger charge is 2.23. The molecule has 0 spiro atoms. The Morgan fingerprint density at radius 1 is 1.00 bits per heavy atom. The van der Waals surface area contributed by atoms with Gasteiger partial charge in [0.1, 0.15) is 0 Å². The van der Waals surface area contributed by atoms with Gasteiger partial charge in [-0.3, -0.25) is 19.6 Å². The first-order chi connectivity index (χ1) is 15.3. The molecule has 1 atom stereocenters. The van der Waals surface area contributed by atoms with E-state index in [1.165, 1.54) is 5.56 Å². The van der Waals surface area contributed by atoms with Crippen LogP contribution in [-0.2, 0) is 9.59 Å². The normalized spacial score (nSPS) is 11.4. The minimum atomic E-state index is -0.622. The average molecular weight is 438 g/mol. The van der Waals surface area contributed by atoms with Crippen molar-refractivity contribution in [1.82, 2.24) is 15.8 Å². The van der Waals surface area contributed by atoms with Crippen LogP contribution in [-0.4, -0.2) is 34.3 Å². The first-order valence-corrected chi connectivity index (χ1v) is 10.6. The smallest absolute Gasteiger partial charge is 0.244 e. The Bertz CT molecular complexity index is 1030. The fraction of sp³-hybridized carbons (Fsp3) is 0.320. The van der Waals surface area contributed by atoms with Gasteiger partial charge in [0.25, 0.3) is 0 Å². The number of hydrogen-bond donors (Lipinski definition) is 4. The molecule has 0 radical (unpaired) electrons. The lowest BCUT2D eigenvalue weighted by Gasteiger charge is -2.17. The highest BCUT2D eigenvalue weighted by atomic mass is 16.5. The van der Waals surface area contributed by atoms with Gasteiger partial charge in [-0.15, -0.1) is 0 Å². The molecule has 0 aliphatic rings. The second-order valence-corrected chi connectivity index (χ2v) is 8.11. The molecule has 0 fully saturated rings. The Morgan fingerprint density at radius 3 is 2.25 bits per heavy atom. The van der Waals surface area contributed by atoms with Gasteiger partial charge in [-0.2, -0.15) is 0 Å². The molecule has 0 aliphatic heterocycles. The number of carbonyl (C=O) groups is 3. The average Bonchev–Trinajstić information content (AvgIpc) is 3.21. The number of hydroxylamine groups is 1. The van der Waals surface area contributed by atoms with Gasteiger partial charge in [0.05, 0.1) is 6.54 Å². The van der Waals surface area contributed by atoms with E-state index in [4.69, 9.17) is 5.21 Å². The summed E-state index contributed by atoms with van der Waals surface area (Å²) in [6.45, 7) is 5.82. The number of benzene rings is 2. The van der Waals surface area contributed by atoms with Crippen LogP contribution in [0.25, 0.3) is 10.9 Å². The predicted molar refractivity (Wildman–Crippen MR) is 124 cm³/mol. The standard InChI is InChI=1S/C18H23N3O4.C7H8/c1-11(2)7-12(8-17(23)21-25)18(24)20-10-16(22)14-9-19-15-6-4-3-5-13(14)15;1-7-5-3-2-4-6-7/h3-6,9,11-12,19,25H,7-8,10H2,1-2H3,(H,20,24)(H,21,23);2-6H,1H3/t12-;/m1./s1. The fourth-order valence-electron chi connectivity index (χ4n) is 3.37. The Hall–Kier alpha value is -3.45. The molecule has 0 aliphatic carbocycles. The minimum Gasteiger partial charge on any atom is -0.360 e. The van der Waals surface area contributed by atoms with Crippen LogP contribution in [0.15, 0.2) is 60.8 Å². The van der Waals surface area contributed by atoms with E-state index in [0.29, 0.717) is 12.0 Å². The van der Waals surface area contributed by atoms with Crippen LogP contribution < -0.4 is 10.8 Å². The van der Waals surface area contributed by atoms with Crippen LogP contribution >= 0.6 is 0 Å². The number of ketones is 1. The van der Waals surface area contributed by atoms with Crippen molar-refractivity contribution in [3.63, 3.8) is 0 Å². The molecule has 32 heavy (non-hydrogen) atoms. The van der Waals surface area contributed by atoms with Gasteiger partial charge in [0, 0.05) is 35.0 Å². The predicted octanol–water partition coefficient (Wildman–Crippen LogP) is 4.02. The second kappa shape index (κ2) is 12.4. The molecule has 1 heterocycles. The number of carbonyl (C=O) groups excluding carboxylic acids is 3. The third-order valence-corrected chi connectivity index (χ3v) is 4.94.